The minimum Gasteiger partial charge on any atom is -0.488 e. The number of ketones is 2. The first-order chi connectivity index (χ1) is 15.1. The Labute approximate surface area is 179 Å². The highest BCUT2D eigenvalue weighted by atomic mass is 16.6. The predicted molar refractivity (Wildman–Crippen MR) is 113 cm³/mol. The summed E-state index contributed by atoms with van der Waals surface area (Å²) in [6, 6.07) is 19.3. The molecule has 3 aromatic rings. The molecule has 0 saturated heterocycles. The first-order valence-electron chi connectivity index (χ1n) is 9.90. The molecule has 0 spiro atoms. The van der Waals surface area contributed by atoms with Crippen molar-refractivity contribution in [1.82, 2.24) is 0 Å². The first kappa shape index (κ1) is 20.3. The highest BCUT2D eigenvalue weighted by molar-refractivity contribution is 6.30. The SMILES string of the molecule is CCOC(=O)COc1ccc(OCc2ccccc2)c2c1C(=O)c1ccccc1C2=O. The third-order valence-electron chi connectivity index (χ3n) is 4.89. The van der Waals surface area contributed by atoms with E-state index in [9.17, 15) is 14.4 Å². The highest BCUT2D eigenvalue weighted by Crippen LogP contribution is 2.39. The van der Waals surface area contributed by atoms with Gasteiger partial charge in [-0.2, -0.15) is 0 Å². The van der Waals surface area contributed by atoms with Crippen molar-refractivity contribution in [1.29, 1.82) is 0 Å². The molecule has 0 bridgehead atoms. The lowest BCUT2D eigenvalue weighted by Crippen LogP contribution is -2.24. The van der Waals surface area contributed by atoms with E-state index >= 15 is 0 Å². The molecule has 156 valence electrons. The molecule has 0 unspecified atom stereocenters. The van der Waals surface area contributed by atoms with Crippen LogP contribution in [0.4, 0.5) is 0 Å². The topological polar surface area (TPSA) is 78.9 Å². The number of benzene rings is 3. The molecule has 0 radical (unpaired) electrons. The lowest BCUT2D eigenvalue weighted by molar-refractivity contribution is -0.145. The van der Waals surface area contributed by atoms with Crippen LogP contribution in [0.5, 0.6) is 11.5 Å². The van der Waals surface area contributed by atoms with E-state index in [-0.39, 0.29) is 54.0 Å². The van der Waals surface area contributed by atoms with Gasteiger partial charge < -0.3 is 14.2 Å². The van der Waals surface area contributed by atoms with Crippen LogP contribution < -0.4 is 9.47 Å². The maximum absolute atomic E-state index is 13.3. The Kier molecular flexibility index (Phi) is 5.80. The molecule has 0 saturated carbocycles. The molecule has 0 atom stereocenters. The molecule has 0 N–H and O–H groups in total. The van der Waals surface area contributed by atoms with E-state index in [1.54, 1.807) is 37.3 Å². The van der Waals surface area contributed by atoms with E-state index in [1.165, 1.54) is 6.07 Å². The Balaban J connectivity index is 1.74. The van der Waals surface area contributed by atoms with Gasteiger partial charge >= 0.3 is 5.97 Å². The molecule has 3 aromatic carbocycles. The summed E-state index contributed by atoms with van der Waals surface area (Å²) in [5.41, 5.74) is 1.77. The highest BCUT2D eigenvalue weighted by Gasteiger charge is 2.35. The van der Waals surface area contributed by atoms with Gasteiger partial charge in [-0.15, -0.1) is 0 Å². The van der Waals surface area contributed by atoms with Gasteiger partial charge in [-0.05, 0) is 24.6 Å². The number of fused-ring (bicyclic) bond motifs is 2. The van der Waals surface area contributed by atoms with Gasteiger partial charge in [0.2, 0.25) is 0 Å². The number of hydrogen-bond donors (Lipinski definition) is 0. The second kappa shape index (κ2) is 8.83. The molecule has 1 aliphatic rings. The Morgan fingerprint density at radius 2 is 1.29 bits per heavy atom. The number of rotatable bonds is 7. The molecule has 0 heterocycles. The zero-order valence-electron chi connectivity index (χ0n) is 16.9. The first-order valence-corrected chi connectivity index (χ1v) is 9.90. The Morgan fingerprint density at radius 3 is 1.87 bits per heavy atom. The van der Waals surface area contributed by atoms with Gasteiger partial charge in [-0.3, -0.25) is 9.59 Å². The van der Waals surface area contributed by atoms with Crippen molar-refractivity contribution in [3.8, 4) is 11.5 Å². The number of carbonyl (C=O) groups is 3. The average Bonchev–Trinajstić information content (AvgIpc) is 2.80. The van der Waals surface area contributed by atoms with E-state index in [1.807, 2.05) is 30.3 Å². The Hall–Kier alpha value is -3.93. The maximum atomic E-state index is 13.3. The number of esters is 1. The minimum absolute atomic E-state index is 0.0959. The smallest absolute Gasteiger partial charge is 0.344 e. The molecular weight excluding hydrogens is 396 g/mol. The van der Waals surface area contributed by atoms with Crippen LogP contribution in [0.2, 0.25) is 0 Å². The average molecular weight is 416 g/mol. The van der Waals surface area contributed by atoms with Crippen LogP contribution in [-0.2, 0) is 16.1 Å². The zero-order chi connectivity index (χ0) is 21.8. The third kappa shape index (κ3) is 4.05. The van der Waals surface area contributed by atoms with Gasteiger partial charge in [-0.1, -0.05) is 54.6 Å². The number of carbonyl (C=O) groups excluding carboxylic acids is 3. The zero-order valence-corrected chi connectivity index (χ0v) is 16.9. The van der Waals surface area contributed by atoms with Crippen molar-refractivity contribution >= 4 is 17.5 Å². The van der Waals surface area contributed by atoms with Gasteiger partial charge in [0.1, 0.15) is 18.1 Å². The monoisotopic (exact) mass is 416 g/mol. The van der Waals surface area contributed by atoms with Gasteiger partial charge in [0, 0.05) is 11.1 Å². The molecule has 0 fully saturated rings. The van der Waals surface area contributed by atoms with Crippen molar-refractivity contribution in [3.05, 3.63) is 94.5 Å². The molecule has 4 rings (SSSR count). The summed E-state index contributed by atoms with van der Waals surface area (Å²) in [4.78, 5) is 38.3. The minimum atomic E-state index is -0.560. The standard InChI is InChI=1S/C25H20O6/c1-2-29-21(26)15-31-20-13-12-19(30-14-16-8-4-3-5-9-16)22-23(20)25(28)18-11-7-6-10-17(18)24(22)27/h3-13H,2,14-15H2,1H3. The van der Waals surface area contributed by atoms with E-state index < -0.39 is 5.97 Å². The van der Waals surface area contributed by atoms with E-state index in [0.717, 1.165) is 5.56 Å². The summed E-state index contributed by atoms with van der Waals surface area (Å²) in [6.45, 7) is 1.78. The fourth-order valence-electron chi connectivity index (χ4n) is 3.48. The molecule has 0 aliphatic heterocycles. The molecular formula is C25H20O6. The Bertz CT molecular complexity index is 1150. The second-order valence-corrected chi connectivity index (χ2v) is 6.88. The van der Waals surface area contributed by atoms with Crippen LogP contribution in [0.1, 0.15) is 44.3 Å². The Morgan fingerprint density at radius 1 is 0.742 bits per heavy atom. The molecule has 0 aromatic heterocycles. The van der Waals surface area contributed by atoms with E-state index in [0.29, 0.717) is 11.1 Å². The summed E-state index contributed by atoms with van der Waals surface area (Å²) in [5, 5.41) is 0. The van der Waals surface area contributed by atoms with Crippen molar-refractivity contribution in [2.45, 2.75) is 13.5 Å². The molecule has 31 heavy (non-hydrogen) atoms. The summed E-state index contributed by atoms with van der Waals surface area (Å²) < 4.78 is 16.4. The largest absolute Gasteiger partial charge is 0.488 e. The normalized spacial score (nSPS) is 12.0. The van der Waals surface area contributed by atoms with Crippen molar-refractivity contribution < 1.29 is 28.6 Å². The summed E-state index contributed by atoms with van der Waals surface area (Å²) in [7, 11) is 0. The molecule has 0 amide bonds. The fraction of sp³-hybridized carbons (Fsp3) is 0.160. The number of hydrogen-bond acceptors (Lipinski definition) is 6. The van der Waals surface area contributed by atoms with Crippen LogP contribution in [0, 0.1) is 0 Å². The van der Waals surface area contributed by atoms with E-state index in [2.05, 4.69) is 0 Å². The quantitative estimate of drug-likeness (QED) is 0.424. The van der Waals surface area contributed by atoms with Gasteiger partial charge in [-0.25, -0.2) is 4.79 Å². The molecule has 6 nitrogen and oxygen atoms in total. The van der Waals surface area contributed by atoms with Crippen LogP contribution in [-0.4, -0.2) is 30.7 Å². The lowest BCUT2D eigenvalue weighted by atomic mass is 9.83. The van der Waals surface area contributed by atoms with Crippen LogP contribution in [0.3, 0.4) is 0 Å². The molecule has 1 aliphatic carbocycles. The van der Waals surface area contributed by atoms with Crippen molar-refractivity contribution in [2.24, 2.45) is 0 Å². The van der Waals surface area contributed by atoms with Crippen LogP contribution in [0.25, 0.3) is 0 Å². The summed E-state index contributed by atoms with van der Waals surface area (Å²) in [5.74, 6) is -0.808. The lowest BCUT2D eigenvalue weighted by Gasteiger charge is -2.22. The second-order valence-electron chi connectivity index (χ2n) is 6.88. The predicted octanol–water partition coefficient (Wildman–Crippen LogP) is 3.98. The third-order valence-corrected chi connectivity index (χ3v) is 4.89. The van der Waals surface area contributed by atoms with Crippen LogP contribution >= 0.6 is 0 Å². The maximum Gasteiger partial charge on any atom is 0.344 e. The molecule has 6 heteroatoms. The van der Waals surface area contributed by atoms with Crippen LogP contribution in [0.15, 0.2) is 66.7 Å². The summed E-state index contributed by atoms with van der Waals surface area (Å²) in [6.07, 6.45) is 0. The summed E-state index contributed by atoms with van der Waals surface area (Å²) >= 11 is 0. The van der Waals surface area contributed by atoms with Crippen molar-refractivity contribution in [2.75, 3.05) is 13.2 Å². The number of ether oxygens (including phenoxy) is 3. The fourth-order valence-corrected chi connectivity index (χ4v) is 3.48. The van der Waals surface area contributed by atoms with Crippen molar-refractivity contribution in [3.63, 3.8) is 0 Å². The van der Waals surface area contributed by atoms with Gasteiger partial charge in [0.15, 0.2) is 18.2 Å². The van der Waals surface area contributed by atoms with Gasteiger partial charge in [0.25, 0.3) is 0 Å². The van der Waals surface area contributed by atoms with E-state index in [4.69, 9.17) is 14.2 Å². The van der Waals surface area contributed by atoms with Gasteiger partial charge in [0.05, 0.1) is 17.7 Å².